The molecular formula is C12H23NO4Si. The number of hydrogen-bond acceptors (Lipinski definition) is 3. The quantitative estimate of drug-likeness (QED) is 0.785. The van der Waals surface area contributed by atoms with Crippen molar-refractivity contribution < 1.29 is 19.1 Å². The van der Waals surface area contributed by atoms with Crippen LogP contribution in [-0.2, 0) is 9.22 Å². The third-order valence-electron chi connectivity index (χ3n) is 2.96. The molecule has 0 spiro atoms. The summed E-state index contributed by atoms with van der Waals surface area (Å²) in [5.41, 5.74) is -0.272. The molecule has 0 aliphatic carbocycles. The number of amides is 2. The first-order valence-corrected chi connectivity index (χ1v) is 9.58. The molecule has 0 bridgehead atoms. The second-order valence-corrected chi connectivity index (χ2v) is 11.3. The van der Waals surface area contributed by atoms with Gasteiger partial charge in [0.2, 0.25) is 0 Å². The Labute approximate surface area is 109 Å². The van der Waals surface area contributed by atoms with E-state index in [1.807, 2.05) is 40.4 Å². The molecule has 0 aromatic heterocycles. The monoisotopic (exact) mass is 273 g/mol. The first-order valence-electron chi connectivity index (χ1n) is 6.17. The van der Waals surface area contributed by atoms with Crippen molar-refractivity contribution >= 4 is 20.3 Å². The smallest absolute Gasteiger partial charge is 0.414 e. The minimum absolute atomic E-state index is 0.272. The fraction of sp³-hybridized carbons (Fsp3) is 0.833. The summed E-state index contributed by atoms with van der Waals surface area (Å²) in [6.07, 6.45) is -1.32. The highest BCUT2D eigenvalue weighted by Gasteiger charge is 2.49. The summed E-state index contributed by atoms with van der Waals surface area (Å²) in [4.78, 5) is 24.3. The van der Waals surface area contributed by atoms with Crippen molar-refractivity contribution in [2.75, 3.05) is 0 Å². The van der Waals surface area contributed by atoms with Gasteiger partial charge in [0.25, 0.3) is 5.91 Å². The van der Waals surface area contributed by atoms with Gasteiger partial charge in [0, 0.05) is 6.42 Å². The summed E-state index contributed by atoms with van der Waals surface area (Å²) < 4.78 is 5.80. The lowest BCUT2D eigenvalue weighted by molar-refractivity contribution is -0.133. The van der Waals surface area contributed by atoms with Gasteiger partial charge in [0.1, 0.15) is 6.10 Å². The molecule has 0 saturated carbocycles. The molecule has 1 heterocycles. The highest BCUT2D eigenvalue weighted by molar-refractivity contribution is 6.69. The molecule has 2 unspecified atom stereocenters. The molecule has 18 heavy (non-hydrogen) atoms. The van der Waals surface area contributed by atoms with Crippen molar-refractivity contribution in [3.63, 3.8) is 0 Å². The number of rotatable bonds is 2. The number of carbonyl (C=O) groups is 2. The van der Waals surface area contributed by atoms with Crippen molar-refractivity contribution in [1.82, 2.24) is 4.90 Å². The van der Waals surface area contributed by atoms with Crippen molar-refractivity contribution in [1.29, 1.82) is 0 Å². The number of imide groups is 1. The highest BCUT2D eigenvalue weighted by atomic mass is 28.4. The van der Waals surface area contributed by atoms with Crippen LogP contribution >= 0.6 is 0 Å². The fourth-order valence-electron chi connectivity index (χ4n) is 2.21. The summed E-state index contributed by atoms with van der Waals surface area (Å²) in [5, 5.41) is 9.19. The zero-order valence-corrected chi connectivity index (χ0v) is 13.0. The third kappa shape index (κ3) is 3.32. The number of carbonyl (C=O) groups excluding carboxylic acids is 1. The first kappa shape index (κ1) is 15.2. The molecule has 5 nitrogen and oxygen atoms in total. The molecule has 0 aromatic rings. The Hall–Kier alpha value is -0.883. The van der Waals surface area contributed by atoms with E-state index in [1.165, 1.54) is 0 Å². The van der Waals surface area contributed by atoms with Crippen LogP contribution in [0.1, 0.15) is 27.2 Å². The molecule has 0 radical (unpaired) electrons. The Balaban J connectivity index is 2.97. The van der Waals surface area contributed by atoms with Crippen molar-refractivity contribution in [2.24, 2.45) is 5.41 Å². The molecule has 1 fully saturated rings. The molecule has 1 N–H and O–H groups in total. The molecule has 6 heteroatoms. The van der Waals surface area contributed by atoms with E-state index in [0.29, 0.717) is 6.42 Å². The van der Waals surface area contributed by atoms with E-state index < -0.39 is 26.4 Å². The summed E-state index contributed by atoms with van der Waals surface area (Å²) in [6.45, 7) is 11.8. The lowest BCUT2D eigenvalue weighted by Gasteiger charge is -2.31. The van der Waals surface area contributed by atoms with Crippen LogP contribution in [-0.4, -0.2) is 42.5 Å². The van der Waals surface area contributed by atoms with Gasteiger partial charge in [-0.3, -0.25) is 4.79 Å². The largest absolute Gasteiger partial charge is 0.465 e. The summed E-state index contributed by atoms with van der Waals surface area (Å²) in [5.74, 6) is -0.412. The van der Waals surface area contributed by atoms with Crippen molar-refractivity contribution in [3.05, 3.63) is 0 Å². The maximum Gasteiger partial charge on any atom is 0.414 e. The molecule has 1 rings (SSSR count). The molecule has 1 saturated heterocycles. The summed E-state index contributed by atoms with van der Waals surface area (Å²) in [6, 6.07) is -0.316. The minimum Gasteiger partial charge on any atom is -0.465 e. The van der Waals surface area contributed by atoms with Crippen LogP contribution in [0, 0.1) is 5.41 Å². The Morgan fingerprint density at radius 2 is 1.89 bits per heavy atom. The van der Waals surface area contributed by atoms with Gasteiger partial charge in [-0.15, -0.1) is 0 Å². The van der Waals surface area contributed by atoms with E-state index in [9.17, 15) is 14.7 Å². The standard InChI is InChI=1S/C12H23NO4Si/c1-12(2,3)9-7-8(17-18(4,5)6)10(14)13(9)11(15)16/h8-9H,7H2,1-6H3,(H,15,16). The Bertz CT molecular complexity index is 356. The van der Waals surface area contributed by atoms with E-state index in [0.717, 1.165) is 4.90 Å². The molecule has 0 aromatic carbocycles. The predicted molar refractivity (Wildman–Crippen MR) is 70.9 cm³/mol. The molecule has 104 valence electrons. The zero-order chi connectivity index (χ0) is 14.3. The Morgan fingerprint density at radius 1 is 1.39 bits per heavy atom. The third-order valence-corrected chi connectivity index (χ3v) is 3.96. The predicted octanol–water partition coefficient (Wildman–Crippen LogP) is 2.53. The number of nitrogens with zero attached hydrogens (tertiary/aromatic N) is 1. The van der Waals surface area contributed by atoms with E-state index in [1.54, 1.807) is 0 Å². The van der Waals surface area contributed by atoms with Crippen LogP contribution in [0.3, 0.4) is 0 Å². The average molecular weight is 273 g/mol. The van der Waals surface area contributed by atoms with Gasteiger partial charge < -0.3 is 9.53 Å². The van der Waals surface area contributed by atoms with Gasteiger partial charge in [-0.05, 0) is 25.1 Å². The van der Waals surface area contributed by atoms with Crippen LogP contribution in [0.5, 0.6) is 0 Å². The topological polar surface area (TPSA) is 66.8 Å². The number of carboxylic acid groups (broad SMARTS) is 1. The van der Waals surface area contributed by atoms with Gasteiger partial charge in [0.05, 0.1) is 6.04 Å². The van der Waals surface area contributed by atoms with E-state index >= 15 is 0 Å². The van der Waals surface area contributed by atoms with Gasteiger partial charge in [-0.25, -0.2) is 9.69 Å². The lowest BCUT2D eigenvalue weighted by Crippen LogP contribution is -2.45. The van der Waals surface area contributed by atoms with Crippen LogP contribution in [0.2, 0.25) is 19.6 Å². The van der Waals surface area contributed by atoms with Crippen LogP contribution in [0.15, 0.2) is 0 Å². The molecular weight excluding hydrogens is 250 g/mol. The van der Waals surface area contributed by atoms with E-state index in [2.05, 4.69) is 0 Å². The van der Waals surface area contributed by atoms with Crippen molar-refractivity contribution in [2.45, 2.75) is 59.0 Å². The van der Waals surface area contributed by atoms with Gasteiger partial charge in [-0.2, -0.15) is 0 Å². The molecule has 2 atom stereocenters. The molecule has 2 amide bonds. The van der Waals surface area contributed by atoms with Crippen molar-refractivity contribution in [3.8, 4) is 0 Å². The molecule has 1 aliphatic rings. The van der Waals surface area contributed by atoms with Gasteiger partial charge in [-0.1, -0.05) is 20.8 Å². The maximum atomic E-state index is 12.1. The maximum absolute atomic E-state index is 12.1. The average Bonchev–Trinajstić information content (AvgIpc) is 2.40. The normalized spacial score (nSPS) is 25.7. The highest BCUT2D eigenvalue weighted by Crippen LogP contribution is 2.35. The van der Waals surface area contributed by atoms with E-state index in [4.69, 9.17) is 4.43 Å². The summed E-state index contributed by atoms with van der Waals surface area (Å²) >= 11 is 0. The van der Waals surface area contributed by atoms with Crippen LogP contribution in [0.25, 0.3) is 0 Å². The zero-order valence-electron chi connectivity index (χ0n) is 12.0. The Kier molecular flexibility index (Phi) is 3.93. The number of hydrogen-bond donors (Lipinski definition) is 1. The first-order chi connectivity index (χ1) is 7.93. The molecule has 1 aliphatic heterocycles. The van der Waals surface area contributed by atoms with Crippen LogP contribution < -0.4 is 0 Å². The second-order valence-electron chi connectivity index (χ2n) is 6.83. The lowest BCUT2D eigenvalue weighted by atomic mass is 9.85. The van der Waals surface area contributed by atoms with Crippen LogP contribution in [0.4, 0.5) is 4.79 Å². The SMILES string of the molecule is CC(C)(C)C1CC(O[Si](C)(C)C)C(=O)N1C(=O)O. The van der Waals surface area contributed by atoms with Gasteiger partial charge in [0.15, 0.2) is 8.32 Å². The van der Waals surface area contributed by atoms with E-state index in [-0.39, 0.29) is 11.5 Å². The minimum atomic E-state index is -1.86. The number of likely N-dealkylation sites (tertiary alicyclic amines) is 1. The van der Waals surface area contributed by atoms with Gasteiger partial charge >= 0.3 is 6.09 Å². The fourth-order valence-corrected chi connectivity index (χ4v) is 3.26. The Morgan fingerprint density at radius 3 is 2.17 bits per heavy atom. The summed E-state index contributed by atoms with van der Waals surface area (Å²) in [7, 11) is -1.86. The second kappa shape index (κ2) is 4.66.